The van der Waals surface area contributed by atoms with E-state index in [0.717, 1.165) is 5.56 Å². The third-order valence-electron chi connectivity index (χ3n) is 5.30. The van der Waals surface area contributed by atoms with Gasteiger partial charge in [-0.05, 0) is 37.3 Å². The Hall–Kier alpha value is -3.32. The van der Waals surface area contributed by atoms with Crippen LogP contribution in [0, 0.1) is 0 Å². The molecule has 0 spiro atoms. The van der Waals surface area contributed by atoms with E-state index < -0.39 is 0 Å². The Balaban J connectivity index is 1.62. The third-order valence-corrected chi connectivity index (χ3v) is 6.37. The highest BCUT2D eigenvalue weighted by Gasteiger charge is 2.21. The van der Waals surface area contributed by atoms with E-state index in [0.29, 0.717) is 44.4 Å². The van der Waals surface area contributed by atoms with Crippen LogP contribution >= 0.6 is 34.8 Å². The minimum atomic E-state index is -0.381. The lowest BCUT2D eigenvalue weighted by Crippen LogP contribution is -2.38. The van der Waals surface area contributed by atoms with Crippen LogP contribution in [0.2, 0.25) is 15.1 Å². The summed E-state index contributed by atoms with van der Waals surface area (Å²) >= 11 is 18.5. The number of halogens is 3. The van der Waals surface area contributed by atoms with Crippen LogP contribution in [-0.4, -0.2) is 39.6 Å². The number of anilines is 1. The zero-order valence-electron chi connectivity index (χ0n) is 18.7. The van der Waals surface area contributed by atoms with Gasteiger partial charge in [0.2, 0.25) is 5.91 Å². The van der Waals surface area contributed by atoms with Gasteiger partial charge in [-0.1, -0.05) is 77.3 Å². The van der Waals surface area contributed by atoms with Crippen LogP contribution in [0.3, 0.4) is 0 Å². The molecule has 4 aromatic rings. The zero-order chi connectivity index (χ0) is 24.9. The summed E-state index contributed by atoms with van der Waals surface area (Å²) in [6.45, 7) is 1.97. The largest absolute Gasteiger partial charge is 0.330 e. The average molecular weight is 528 g/mol. The molecule has 0 saturated heterocycles. The molecule has 0 bridgehead atoms. The second-order valence-electron chi connectivity index (χ2n) is 7.64. The lowest BCUT2D eigenvalue weighted by Gasteiger charge is -2.21. The average Bonchev–Trinajstić information content (AvgIpc) is 3.28. The number of carbonyl (C=O) groups excluding carboxylic acids is 2. The van der Waals surface area contributed by atoms with Crippen molar-refractivity contribution in [1.82, 2.24) is 14.7 Å². The Morgan fingerprint density at radius 3 is 2.29 bits per heavy atom. The molecule has 1 aromatic heterocycles. The van der Waals surface area contributed by atoms with Crippen molar-refractivity contribution in [3.8, 4) is 16.9 Å². The van der Waals surface area contributed by atoms with E-state index in [1.54, 1.807) is 60.1 Å². The van der Waals surface area contributed by atoms with Gasteiger partial charge in [-0.15, -0.1) is 0 Å². The predicted molar refractivity (Wildman–Crippen MR) is 141 cm³/mol. The molecule has 4 rings (SSSR count). The molecular weight excluding hydrogens is 507 g/mol. The molecule has 6 nitrogen and oxygen atoms in total. The summed E-state index contributed by atoms with van der Waals surface area (Å²) in [5, 5.41) is 8.65. The first-order chi connectivity index (χ1) is 16.9. The maximum Gasteiger partial charge on any atom is 0.255 e. The summed E-state index contributed by atoms with van der Waals surface area (Å²) in [6.07, 6.45) is 0. The second kappa shape index (κ2) is 11.0. The van der Waals surface area contributed by atoms with Gasteiger partial charge in [-0.2, -0.15) is 5.10 Å². The van der Waals surface area contributed by atoms with Gasteiger partial charge in [0, 0.05) is 18.2 Å². The second-order valence-corrected chi connectivity index (χ2v) is 8.86. The Morgan fingerprint density at radius 2 is 1.60 bits per heavy atom. The van der Waals surface area contributed by atoms with Crippen molar-refractivity contribution in [3.63, 3.8) is 0 Å². The third kappa shape index (κ3) is 5.68. The number of aromatic nitrogens is 2. The van der Waals surface area contributed by atoms with Crippen molar-refractivity contribution in [3.05, 3.63) is 99.5 Å². The van der Waals surface area contributed by atoms with Crippen molar-refractivity contribution in [2.24, 2.45) is 0 Å². The van der Waals surface area contributed by atoms with Crippen LogP contribution in [0.5, 0.6) is 0 Å². The topological polar surface area (TPSA) is 67.2 Å². The molecule has 9 heteroatoms. The van der Waals surface area contributed by atoms with Gasteiger partial charge < -0.3 is 10.2 Å². The first-order valence-electron chi connectivity index (χ1n) is 10.8. The first kappa shape index (κ1) is 24.8. The molecule has 0 atom stereocenters. The summed E-state index contributed by atoms with van der Waals surface area (Å²) in [5.41, 5.74) is 2.50. The fraction of sp³-hybridized carbons (Fsp3) is 0.115. The molecule has 0 aliphatic carbocycles. The summed E-state index contributed by atoms with van der Waals surface area (Å²) in [6, 6.07) is 23.2. The fourth-order valence-electron chi connectivity index (χ4n) is 3.52. The minimum Gasteiger partial charge on any atom is -0.330 e. The summed E-state index contributed by atoms with van der Waals surface area (Å²) in [7, 11) is 0. The molecule has 0 aliphatic heterocycles. The number of hydrogen-bond acceptors (Lipinski definition) is 3. The molecular formula is C26H21Cl3N4O2. The van der Waals surface area contributed by atoms with Gasteiger partial charge in [-0.25, -0.2) is 4.68 Å². The van der Waals surface area contributed by atoms with Crippen LogP contribution in [-0.2, 0) is 4.79 Å². The van der Waals surface area contributed by atoms with Gasteiger partial charge in [0.25, 0.3) is 5.91 Å². The van der Waals surface area contributed by atoms with E-state index in [4.69, 9.17) is 34.8 Å². The van der Waals surface area contributed by atoms with Gasteiger partial charge in [0.05, 0.1) is 32.0 Å². The molecule has 1 heterocycles. The molecule has 178 valence electrons. The fourth-order valence-corrected chi connectivity index (χ4v) is 4.03. The van der Waals surface area contributed by atoms with E-state index in [9.17, 15) is 9.59 Å². The van der Waals surface area contributed by atoms with Gasteiger partial charge in [0.15, 0.2) is 0 Å². The number of benzene rings is 3. The van der Waals surface area contributed by atoms with E-state index >= 15 is 0 Å². The quantitative estimate of drug-likeness (QED) is 0.294. The molecule has 0 radical (unpaired) electrons. The molecule has 35 heavy (non-hydrogen) atoms. The lowest BCUT2D eigenvalue weighted by molar-refractivity contribution is -0.116. The normalized spacial score (nSPS) is 10.7. The highest BCUT2D eigenvalue weighted by Crippen LogP contribution is 2.29. The van der Waals surface area contributed by atoms with Crippen LogP contribution in [0.1, 0.15) is 17.3 Å². The van der Waals surface area contributed by atoms with E-state index in [2.05, 4.69) is 10.4 Å². The van der Waals surface area contributed by atoms with Crippen LogP contribution in [0.25, 0.3) is 16.9 Å². The van der Waals surface area contributed by atoms with Crippen LogP contribution in [0.4, 0.5) is 5.82 Å². The molecule has 0 saturated carbocycles. The number of hydrogen-bond donors (Lipinski definition) is 1. The maximum absolute atomic E-state index is 13.0. The van der Waals surface area contributed by atoms with Gasteiger partial charge in [0.1, 0.15) is 12.4 Å². The molecule has 0 aliphatic rings. The number of nitrogens with one attached hydrogen (secondary N) is 1. The Morgan fingerprint density at radius 1 is 0.886 bits per heavy atom. The van der Waals surface area contributed by atoms with Crippen molar-refractivity contribution in [2.45, 2.75) is 6.92 Å². The van der Waals surface area contributed by atoms with Crippen LogP contribution < -0.4 is 5.32 Å². The van der Waals surface area contributed by atoms with Crippen LogP contribution in [0.15, 0.2) is 78.9 Å². The van der Waals surface area contributed by atoms with Gasteiger partial charge >= 0.3 is 0 Å². The minimum absolute atomic E-state index is 0.159. The zero-order valence-corrected chi connectivity index (χ0v) is 21.0. The number of amides is 2. The molecule has 0 fully saturated rings. The van der Waals surface area contributed by atoms with Crippen molar-refractivity contribution >= 4 is 52.4 Å². The Bertz CT molecular complexity index is 1370. The maximum atomic E-state index is 13.0. The molecule has 3 aromatic carbocycles. The van der Waals surface area contributed by atoms with E-state index in [-0.39, 0.29) is 18.4 Å². The van der Waals surface area contributed by atoms with Crippen molar-refractivity contribution < 1.29 is 9.59 Å². The van der Waals surface area contributed by atoms with Crippen molar-refractivity contribution in [2.75, 3.05) is 18.4 Å². The number of rotatable bonds is 7. The summed E-state index contributed by atoms with van der Waals surface area (Å²) in [4.78, 5) is 27.4. The van der Waals surface area contributed by atoms with Gasteiger partial charge in [-0.3, -0.25) is 9.59 Å². The first-order valence-corrected chi connectivity index (χ1v) is 12.0. The predicted octanol–water partition coefficient (Wildman–Crippen LogP) is 6.60. The van der Waals surface area contributed by atoms with E-state index in [1.807, 2.05) is 30.3 Å². The highest BCUT2D eigenvalue weighted by molar-refractivity contribution is 6.42. The Kier molecular flexibility index (Phi) is 7.76. The standard InChI is InChI=1S/C26H21Cl3N4O2/c1-2-32(26(35)19-10-6-7-11-20(19)27)16-25(34)30-24-15-23(17-8-4-3-5-9-17)31-33(24)18-12-13-21(28)22(29)14-18/h3-15H,2,16H2,1H3,(H,30,34). The number of likely N-dealkylation sites (N-methyl/N-ethyl adjacent to an activating group) is 1. The molecule has 1 N–H and O–H groups in total. The smallest absolute Gasteiger partial charge is 0.255 e. The van der Waals surface area contributed by atoms with E-state index in [1.165, 1.54) is 4.90 Å². The molecule has 0 unspecified atom stereocenters. The number of nitrogens with zero attached hydrogens (tertiary/aromatic N) is 3. The van der Waals surface area contributed by atoms with Crippen molar-refractivity contribution in [1.29, 1.82) is 0 Å². The number of carbonyl (C=O) groups is 2. The summed E-state index contributed by atoms with van der Waals surface area (Å²) in [5.74, 6) is -0.280. The Labute approximate surface area is 218 Å². The summed E-state index contributed by atoms with van der Waals surface area (Å²) < 4.78 is 1.58. The molecule has 2 amide bonds. The lowest BCUT2D eigenvalue weighted by atomic mass is 10.1. The SMILES string of the molecule is CCN(CC(=O)Nc1cc(-c2ccccc2)nn1-c1ccc(Cl)c(Cl)c1)C(=O)c1ccccc1Cl. The monoisotopic (exact) mass is 526 g/mol. The highest BCUT2D eigenvalue weighted by atomic mass is 35.5.